The number of phenolic OH excluding ortho intramolecular Hbond substituents is 1. The number of para-hydroxylation sites is 1. The average Bonchev–Trinajstić information content (AvgIpc) is 2.03. The first-order valence-corrected chi connectivity index (χ1v) is 2.96. The number of nitrogens with zero attached hydrogens (tertiary/aromatic N) is 2. The minimum absolute atomic E-state index is 0.375. The van der Waals surface area contributed by atoms with Gasteiger partial charge in [-0.05, 0) is 17.3 Å². The minimum Gasteiger partial charge on any atom is -0.502 e. The molecule has 0 saturated heterocycles. The zero-order valence-electron chi connectivity index (χ0n) is 5.80. The van der Waals surface area contributed by atoms with Crippen LogP contribution in [0.5, 0.6) is 5.75 Å². The lowest BCUT2D eigenvalue weighted by molar-refractivity contribution is -0.385. The molecule has 12 heavy (non-hydrogen) atoms. The molecule has 1 aromatic carbocycles. The molecule has 0 aliphatic carbocycles. The summed E-state index contributed by atoms with van der Waals surface area (Å²) in [5, 5.41) is 21.6. The first-order chi connectivity index (χ1) is 5.66. The monoisotopic (exact) mass is 168 g/mol. The van der Waals surface area contributed by atoms with Gasteiger partial charge in [-0.1, -0.05) is 6.07 Å². The Kier molecular flexibility index (Phi) is 2.00. The van der Waals surface area contributed by atoms with E-state index < -0.39 is 16.4 Å². The summed E-state index contributed by atoms with van der Waals surface area (Å²) in [7, 11) is 0. The van der Waals surface area contributed by atoms with Crippen LogP contribution in [0.15, 0.2) is 23.4 Å². The summed E-state index contributed by atoms with van der Waals surface area (Å²) < 4.78 is 0. The van der Waals surface area contributed by atoms with E-state index in [0.717, 1.165) is 12.1 Å². The van der Waals surface area contributed by atoms with Crippen molar-refractivity contribution < 1.29 is 10.0 Å². The van der Waals surface area contributed by atoms with E-state index in [-0.39, 0.29) is 5.69 Å². The molecule has 0 fully saturated rings. The average molecular weight is 168 g/mol. The number of nitro benzene ring substituents is 1. The van der Waals surface area contributed by atoms with Crippen LogP contribution < -0.4 is 0 Å². The van der Waals surface area contributed by atoms with Gasteiger partial charge in [-0.15, -0.1) is 4.91 Å². The highest BCUT2D eigenvalue weighted by atomic mass is 16.6. The van der Waals surface area contributed by atoms with Crippen LogP contribution in [-0.4, -0.2) is 10.0 Å². The molecular weight excluding hydrogens is 164 g/mol. The van der Waals surface area contributed by atoms with Crippen LogP contribution in [0.1, 0.15) is 0 Å². The van der Waals surface area contributed by atoms with E-state index in [1.807, 2.05) is 0 Å². The Morgan fingerprint density at radius 1 is 1.50 bits per heavy atom. The van der Waals surface area contributed by atoms with Gasteiger partial charge in [-0.3, -0.25) is 10.1 Å². The Hall–Kier alpha value is -1.98. The standard InChI is InChI=1S/C6H4N2O4/c9-5-3-1-2-4(7-10)6(5)8(11)12/h1-3,9H. The van der Waals surface area contributed by atoms with Crippen LogP contribution in [0, 0.1) is 15.0 Å². The van der Waals surface area contributed by atoms with Crippen molar-refractivity contribution >= 4 is 11.4 Å². The fourth-order valence-electron chi connectivity index (χ4n) is 0.780. The molecule has 6 heteroatoms. The quantitative estimate of drug-likeness (QED) is 0.413. The number of hydrogen-bond donors (Lipinski definition) is 1. The predicted molar refractivity (Wildman–Crippen MR) is 40.2 cm³/mol. The fourth-order valence-corrected chi connectivity index (χ4v) is 0.780. The van der Waals surface area contributed by atoms with Crippen LogP contribution >= 0.6 is 0 Å². The molecule has 0 heterocycles. The zero-order chi connectivity index (χ0) is 9.14. The molecular formula is C6H4N2O4. The van der Waals surface area contributed by atoms with Crippen molar-refractivity contribution in [2.24, 2.45) is 5.18 Å². The Balaban J connectivity index is 3.39. The smallest absolute Gasteiger partial charge is 0.339 e. The summed E-state index contributed by atoms with van der Waals surface area (Å²) in [4.78, 5) is 19.4. The van der Waals surface area contributed by atoms with Gasteiger partial charge in [0, 0.05) is 0 Å². The van der Waals surface area contributed by atoms with Gasteiger partial charge in [0.25, 0.3) is 0 Å². The Labute approximate surface area is 66.6 Å². The van der Waals surface area contributed by atoms with Crippen molar-refractivity contribution in [3.63, 3.8) is 0 Å². The summed E-state index contributed by atoms with van der Waals surface area (Å²) in [6.07, 6.45) is 0. The third kappa shape index (κ3) is 1.22. The number of nitro groups is 1. The molecule has 6 nitrogen and oxygen atoms in total. The van der Waals surface area contributed by atoms with E-state index in [1.165, 1.54) is 6.07 Å². The van der Waals surface area contributed by atoms with Gasteiger partial charge in [-0.25, -0.2) is 0 Å². The maximum absolute atomic E-state index is 10.2. The second-order valence-electron chi connectivity index (χ2n) is 1.99. The van der Waals surface area contributed by atoms with E-state index in [2.05, 4.69) is 5.18 Å². The SMILES string of the molecule is O=Nc1cccc(O)c1[N+](=O)[O-]. The molecule has 1 rings (SSSR count). The van der Waals surface area contributed by atoms with Crippen molar-refractivity contribution in [1.29, 1.82) is 0 Å². The third-order valence-corrected chi connectivity index (χ3v) is 1.27. The number of rotatable bonds is 2. The van der Waals surface area contributed by atoms with Crippen molar-refractivity contribution in [2.45, 2.75) is 0 Å². The molecule has 0 unspecified atom stereocenters. The van der Waals surface area contributed by atoms with Crippen molar-refractivity contribution in [3.05, 3.63) is 33.2 Å². The van der Waals surface area contributed by atoms with Gasteiger partial charge < -0.3 is 5.11 Å². The third-order valence-electron chi connectivity index (χ3n) is 1.27. The van der Waals surface area contributed by atoms with Crippen molar-refractivity contribution in [3.8, 4) is 5.75 Å². The van der Waals surface area contributed by atoms with Gasteiger partial charge in [0.15, 0.2) is 11.4 Å². The molecule has 0 spiro atoms. The minimum atomic E-state index is -0.855. The summed E-state index contributed by atoms with van der Waals surface area (Å²) >= 11 is 0. The van der Waals surface area contributed by atoms with Crippen LogP contribution in [0.2, 0.25) is 0 Å². The fraction of sp³-hybridized carbons (Fsp3) is 0. The van der Waals surface area contributed by atoms with Crippen molar-refractivity contribution in [1.82, 2.24) is 0 Å². The molecule has 0 amide bonds. The summed E-state index contributed by atoms with van der Waals surface area (Å²) in [6, 6.07) is 3.58. The molecule has 1 N–H and O–H groups in total. The lowest BCUT2D eigenvalue weighted by Gasteiger charge is -1.95. The largest absolute Gasteiger partial charge is 0.502 e. The number of hydrogen-bond acceptors (Lipinski definition) is 5. The molecule has 62 valence electrons. The van der Waals surface area contributed by atoms with Crippen LogP contribution in [0.3, 0.4) is 0 Å². The zero-order valence-corrected chi connectivity index (χ0v) is 5.80. The van der Waals surface area contributed by atoms with Crippen LogP contribution in [0.25, 0.3) is 0 Å². The number of phenols is 1. The molecule has 0 saturated carbocycles. The number of benzene rings is 1. The summed E-state index contributed by atoms with van der Waals surface area (Å²) in [5.41, 5.74) is -1.03. The Morgan fingerprint density at radius 3 is 2.58 bits per heavy atom. The predicted octanol–water partition coefficient (Wildman–Crippen LogP) is 1.70. The summed E-state index contributed by atoms with van der Waals surface area (Å²) in [5.74, 6) is -0.558. The molecule has 0 aliphatic heterocycles. The van der Waals surface area contributed by atoms with Gasteiger partial charge in [0.2, 0.25) is 0 Å². The highest BCUT2D eigenvalue weighted by Crippen LogP contribution is 2.35. The lowest BCUT2D eigenvalue weighted by atomic mass is 10.2. The summed E-state index contributed by atoms with van der Waals surface area (Å²) in [6.45, 7) is 0. The molecule has 1 aromatic rings. The number of aromatic hydroxyl groups is 1. The maximum Gasteiger partial charge on any atom is 0.339 e. The van der Waals surface area contributed by atoms with Crippen LogP contribution in [0.4, 0.5) is 11.4 Å². The molecule has 0 aromatic heterocycles. The molecule has 0 radical (unpaired) electrons. The molecule has 0 bridgehead atoms. The van der Waals surface area contributed by atoms with Crippen LogP contribution in [-0.2, 0) is 0 Å². The second-order valence-corrected chi connectivity index (χ2v) is 1.99. The van der Waals surface area contributed by atoms with Crippen molar-refractivity contribution in [2.75, 3.05) is 0 Å². The van der Waals surface area contributed by atoms with E-state index >= 15 is 0 Å². The van der Waals surface area contributed by atoms with E-state index in [4.69, 9.17) is 5.11 Å². The van der Waals surface area contributed by atoms with Gasteiger partial charge in [-0.2, -0.15) is 0 Å². The molecule has 0 aliphatic rings. The first kappa shape index (κ1) is 8.12. The Morgan fingerprint density at radius 2 is 2.17 bits per heavy atom. The normalized spacial score (nSPS) is 9.33. The topological polar surface area (TPSA) is 92.8 Å². The lowest BCUT2D eigenvalue weighted by Crippen LogP contribution is -1.88. The Bertz CT molecular complexity index is 336. The van der Waals surface area contributed by atoms with Gasteiger partial charge in [0.1, 0.15) is 0 Å². The second kappa shape index (κ2) is 2.95. The highest BCUT2D eigenvalue weighted by molar-refractivity contribution is 5.64. The maximum atomic E-state index is 10.2. The van der Waals surface area contributed by atoms with Gasteiger partial charge in [0.05, 0.1) is 4.92 Å². The molecule has 0 atom stereocenters. The number of nitroso groups, excluding NO2 is 1. The van der Waals surface area contributed by atoms with E-state index in [1.54, 1.807) is 0 Å². The highest BCUT2D eigenvalue weighted by Gasteiger charge is 2.19. The van der Waals surface area contributed by atoms with E-state index in [0.29, 0.717) is 0 Å². The van der Waals surface area contributed by atoms with Gasteiger partial charge >= 0.3 is 5.69 Å². The van der Waals surface area contributed by atoms with E-state index in [9.17, 15) is 15.0 Å². The first-order valence-electron chi connectivity index (χ1n) is 2.96.